The number of carbonyl (C=O) groups is 1. The van der Waals surface area contributed by atoms with Crippen LogP contribution in [0.5, 0.6) is 0 Å². The van der Waals surface area contributed by atoms with E-state index in [0.29, 0.717) is 38.9 Å². The van der Waals surface area contributed by atoms with Gasteiger partial charge >= 0.3 is 0 Å². The standard InChI is InChI=1S/C27H22ClFN4O2S/c1-3-36-32-27(35)24-23(18-8-6-10-30-26(18)34)19-11-15(2)20(29)13-22(19)33(24)14-17-12-16-7-4-5-9-21(16)31-25(17)28/h4-13H,3,14H2,1-2H3,(H,30,34)(H,32,35). The van der Waals surface area contributed by atoms with Crippen LogP contribution in [-0.2, 0) is 6.54 Å². The van der Waals surface area contributed by atoms with Crippen LogP contribution in [0.2, 0.25) is 5.15 Å². The predicted molar refractivity (Wildman–Crippen MR) is 144 cm³/mol. The van der Waals surface area contributed by atoms with Crippen LogP contribution in [0.3, 0.4) is 0 Å². The van der Waals surface area contributed by atoms with Gasteiger partial charge in [0.15, 0.2) is 0 Å². The van der Waals surface area contributed by atoms with Crippen LogP contribution >= 0.6 is 23.5 Å². The quantitative estimate of drug-likeness (QED) is 0.210. The maximum Gasteiger partial charge on any atom is 0.278 e. The maximum absolute atomic E-state index is 14.9. The van der Waals surface area contributed by atoms with E-state index in [1.54, 1.807) is 29.7 Å². The highest BCUT2D eigenvalue weighted by Crippen LogP contribution is 2.36. The van der Waals surface area contributed by atoms with E-state index >= 15 is 0 Å². The number of para-hydroxylation sites is 1. The molecule has 0 saturated heterocycles. The van der Waals surface area contributed by atoms with Gasteiger partial charge in [-0.15, -0.1) is 0 Å². The summed E-state index contributed by atoms with van der Waals surface area (Å²) in [5.41, 5.74) is 2.97. The van der Waals surface area contributed by atoms with Crippen LogP contribution in [0.1, 0.15) is 28.5 Å². The van der Waals surface area contributed by atoms with E-state index in [9.17, 15) is 14.0 Å². The second kappa shape index (κ2) is 9.79. The number of hydrogen-bond donors (Lipinski definition) is 2. The molecule has 0 spiro atoms. The van der Waals surface area contributed by atoms with Crippen LogP contribution in [-0.4, -0.2) is 26.2 Å². The number of aromatic nitrogens is 3. The monoisotopic (exact) mass is 520 g/mol. The van der Waals surface area contributed by atoms with Crippen molar-refractivity contribution < 1.29 is 9.18 Å². The Morgan fingerprint density at radius 2 is 2.00 bits per heavy atom. The van der Waals surface area contributed by atoms with Crippen molar-refractivity contribution in [3.05, 3.63) is 98.9 Å². The molecular formula is C27H22ClFN4O2S. The van der Waals surface area contributed by atoms with Crippen LogP contribution < -0.4 is 10.3 Å². The minimum atomic E-state index is -0.410. The minimum absolute atomic E-state index is 0.153. The number of nitrogens with one attached hydrogen (secondary N) is 2. The number of aromatic amines is 1. The first-order valence-corrected chi connectivity index (χ1v) is 12.7. The van der Waals surface area contributed by atoms with Gasteiger partial charge in [0.05, 0.1) is 17.6 Å². The molecule has 0 atom stereocenters. The first-order valence-electron chi connectivity index (χ1n) is 11.4. The zero-order valence-electron chi connectivity index (χ0n) is 19.6. The van der Waals surface area contributed by atoms with Gasteiger partial charge in [-0.1, -0.05) is 48.7 Å². The molecule has 2 N–H and O–H groups in total. The number of nitrogens with zero attached hydrogens (tertiary/aromatic N) is 2. The van der Waals surface area contributed by atoms with Gasteiger partial charge < -0.3 is 9.55 Å². The first kappa shape index (κ1) is 24.1. The first-order chi connectivity index (χ1) is 17.4. The molecule has 0 radical (unpaired) electrons. The fourth-order valence-electron chi connectivity index (χ4n) is 4.37. The number of H-pyrrole nitrogens is 1. The molecule has 0 bridgehead atoms. The normalized spacial score (nSPS) is 11.3. The summed E-state index contributed by atoms with van der Waals surface area (Å²) in [6.07, 6.45) is 1.53. The van der Waals surface area contributed by atoms with Gasteiger partial charge in [0.1, 0.15) is 16.7 Å². The Kier molecular flexibility index (Phi) is 6.55. The molecule has 0 aliphatic carbocycles. The number of halogens is 2. The lowest BCUT2D eigenvalue weighted by atomic mass is 10.0. The van der Waals surface area contributed by atoms with Crippen molar-refractivity contribution >= 4 is 51.3 Å². The summed E-state index contributed by atoms with van der Waals surface area (Å²) in [7, 11) is 0. The summed E-state index contributed by atoms with van der Waals surface area (Å²) < 4.78 is 19.4. The number of fused-ring (bicyclic) bond motifs is 2. The van der Waals surface area contributed by atoms with Crippen molar-refractivity contribution in [2.45, 2.75) is 20.4 Å². The fourth-order valence-corrected chi connectivity index (χ4v) is 4.95. The summed E-state index contributed by atoms with van der Waals surface area (Å²) in [4.78, 5) is 33.6. The van der Waals surface area contributed by atoms with Gasteiger partial charge in [0.2, 0.25) is 0 Å². The average molecular weight is 521 g/mol. The zero-order chi connectivity index (χ0) is 25.4. The Morgan fingerprint density at radius 3 is 2.78 bits per heavy atom. The number of hydrogen-bond acceptors (Lipinski definition) is 4. The largest absolute Gasteiger partial charge is 0.331 e. The van der Waals surface area contributed by atoms with Crippen LogP contribution in [0, 0.1) is 12.7 Å². The molecule has 182 valence electrons. The molecule has 5 rings (SSSR count). The SMILES string of the molecule is CCSNC(=O)c1c(-c2ccc[nH]c2=O)c2cc(C)c(F)cc2n1Cc1cc2ccccc2nc1Cl. The van der Waals surface area contributed by atoms with Crippen molar-refractivity contribution in [3.63, 3.8) is 0 Å². The Balaban J connectivity index is 1.83. The van der Waals surface area contributed by atoms with Crippen molar-refractivity contribution in [3.8, 4) is 11.1 Å². The topological polar surface area (TPSA) is 79.8 Å². The molecule has 2 aromatic carbocycles. The molecule has 1 amide bonds. The van der Waals surface area contributed by atoms with Crippen LogP contribution in [0.25, 0.3) is 32.9 Å². The molecule has 0 aliphatic heterocycles. The summed E-state index contributed by atoms with van der Waals surface area (Å²) in [5.74, 6) is -0.145. The number of benzene rings is 2. The lowest BCUT2D eigenvalue weighted by molar-refractivity contribution is 0.0977. The average Bonchev–Trinajstić information content (AvgIpc) is 3.16. The third kappa shape index (κ3) is 4.27. The van der Waals surface area contributed by atoms with E-state index in [-0.39, 0.29) is 28.9 Å². The lowest BCUT2D eigenvalue weighted by Gasteiger charge is -2.14. The van der Waals surface area contributed by atoms with Gasteiger partial charge in [0.25, 0.3) is 11.5 Å². The van der Waals surface area contributed by atoms with Gasteiger partial charge in [0, 0.05) is 39.4 Å². The Labute approximate surface area is 215 Å². The molecule has 9 heteroatoms. The second-order valence-electron chi connectivity index (χ2n) is 8.34. The highest BCUT2D eigenvalue weighted by atomic mass is 35.5. The summed E-state index contributed by atoms with van der Waals surface area (Å²) >= 11 is 7.81. The van der Waals surface area contributed by atoms with Gasteiger partial charge in [-0.3, -0.25) is 14.3 Å². The molecule has 0 unspecified atom stereocenters. The molecule has 6 nitrogen and oxygen atoms in total. The zero-order valence-corrected chi connectivity index (χ0v) is 21.1. The van der Waals surface area contributed by atoms with Crippen molar-refractivity contribution in [1.82, 2.24) is 19.3 Å². The number of amides is 1. The van der Waals surface area contributed by atoms with Crippen molar-refractivity contribution in [1.29, 1.82) is 0 Å². The van der Waals surface area contributed by atoms with Gasteiger partial charge in [-0.05, 0) is 48.9 Å². The van der Waals surface area contributed by atoms with E-state index < -0.39 is 5.82 Å². The number of aryl methyl sites for hydroxylation is 1. The van der Waals surface area contributed by atoms with E-state index in [0.717, 1.165) is 10.9 Å². The van der Waals surface area contributed by atoms with Crippen molar-refractivity contribution in [2.24, 2.45) is 0 Å². The van der Waals surface area contributed by atoms with E-state index in [1.165, 1.54) is 24.2 Å². The molecule has 3 aromatic heterocycles. The second-order valence-corrected chi connectivity index (χ2v) is 9.76. The molecule has 0 fully saturated rings. The third-order valence-electron chi connectivity index (χ3n) is 6.03. The smallest absolute Gasteiger partial charge is 0.278 e. The van der Waals surface area contributed by atoms with Gasteiger partial charge in [-0.25, -0.2) is 9.37 Å². The molecule has 3 heterocycles. The lowest BCUT2D eigenvalue weighted by Crippen LogP contribution is -2.22. The van der Waals surface area contributed by atoms with E-state index in [1.807, 2.05) is 37.3 Å². The minimum Gasteiger partial charge on any atom is -0.331 e. The molecule has 36 heavy (non-hydrogen) atoms. The van der Waals surface area contributed by atoms with Crippen molar-refractivity contribution in [2.75, 3.05) is 5.75 Å². The maximum atomic E-state index is 14.9. The van der Waals surface area contributed by atoms with Crippen LogP contribution in [0.4, 0.5) is 4.39 Å². The Hall–Kier alpha value is -3.62. The van der Waals surface area contributed by atoms with E-state index in [4.69, 9.17) is 11.6 Å². The molecule has 0 aliphatic rings. The third-order valence-corrected chi connectivity index (χ3v) is 6.98. The van der Waals surface area contributed by atoms with Crippen LogP contribution in [0.15, 0.2) is 65.6 Å². The summed E-state index contributed by atoms with van der Waals surface area (Å²) in [5, 5.41) is 1.78. The molecular weight excluding hydrogens is 499 g/mol. The summed E-state index contributed by atoms with van der Waals surface area (Å²) in [6, 6.07) is 15.9. The highest BCUT2D eigenvalue weighted by molar-refractivity contribution is 7.97. The fraction of sp³-hybridized carbons (Fsp3) is 0.148. The van der Waals surface area contributed by atoms with Gasteiger partial charge in [-0.2, -0.15) is 0 Å². The Morgan fingerprint density at radius 1 is 1.19 bits per heavy atom. The highest BCUT2D eigenvalue weighted by Gasteiger charge is 2.27. The molecule has 0 saturated carbocycles. The predicted octanol–water partition coefficient (Wildman–Crippen LogP) is 6.09. The number of rotatable bonds is 6. The number of pyridine rings is 2. The number of carbonyl (C=O) groups excluding carboxylic acids is 1. The van der Waals surface area contributed by atoms with E-state index in [2.05, 4.69) is 14.7 Å². The molecule has 5 aromatic rings. The summed E-state index contributed by atoms with van der Waals surface area (Å²) in [6.45, 7) is 3.73. The Bertz CT molecular complexity index is 1700.